The first-order valence-electron chi connectivity index (χ1n) is 7.44. The highest BCUT2D eigenvalue weighted by molar-refractivity contribution is 5.92. The Morgan fingerprint density at radius 2 is 1.90 bits per heavy atom. The van der Waals surface area contributed by atoms with Crippen molar-refractivity contribution in [3.63, 3.8) is 0 Å². The molecule has 1 aliphatic heterocycles. The molecule has 0 aromatic carbocycles. The third-order valence-corrected chi connectivity index (χ3v) is 4.08. The molecule has 1 aromatic heterocycles. The number of nitrogens with zero attached hydrogens (tertiary/aromatic N) is 2. The normalized spacial score (nSPS) is 19.3. The van der Waals surface area contributed by atoms with Gasteiger partial charge in [-0.05, 0) is 37.8 Å². The van der Waals surface area contributed by atoms with Crippen LogP contribution in [-0.4, -0.2) is 40.8 Å². The van der Waals surface area contributed by atoms with Gasteiger partial charge in [0.25, 0.3) is 5.91 Å². The summed E-state index contributed by atoms with van der Waals surface area (Å²) in [6, 6.07) is 3.53. The summed E-state index contributed by atoms with van der Waals surface area (Å²) in [4.78, 5) is 29.9. The Labute approximate surface area is 123 Å². The fraction of sp³-hybridized carbons (Fsp3) is 0.533. The van der Waals surface area contributed by atoms with Crippen LogP contribution in [0.4, 0.5) is 5.69 Å². The second kappa shape index (κ2) is 5.71. The van der Waals surface area contributed by atoms with Gasteiger partial charge in [0.15, 0.2) is 0 Å². The summed E-state index contributed by atoms with van der Waals surface area (Å²) < 4.78 is 0. The van der Waals surface area contributed by atoms with Gasteiger partial charge in [0, 0.05) is 25.0 Å². The van der Waals surface area contributed by atoms with Gasteiger partial charge in [0.2, 0.25) is 5.91 Å². The minimum atomic E-state index is -0.0676. The molecule has 21 heavy (non-hydrogen) atoms. The van der Waals surface area contributed by atoms with Crippen molar-refractivity contribution in [2.24, 2.45) is 5.92 Å². The van der Waals surface area contributed by atoms with Gasteiger partial charge in [-0.2, -0.15) is 0 Å². The van der Waals surface area contributed by atoms with Crippen molar-refractivity contribution in [2.75, 3.05) is 18.8 Å². The monoisotopic (exact) mass is 288 g/mol. The van der Waals surface area contributed by atoms with E-state index in [0.717, 1.165) is 25.7 Å². The number of aromatic nitrogens is 1. The number of carbonyl (C=O) groups excluding carboxylic acids is 2. The molecule has 0 atom stereocenters. The van der Waals surface area contributed by atoms with Crippen LogP contribution in [0, 0.1) is 5.92 Å². The first-order chi connectivity index (χ1) is 10.1. The fourth-order valence-corrected chi connectivity index (χ4v) is 2.59. The Morgan fingerprint density at radius 3 is 2.48 bits per heavy atom. The van der Waals surface area contributed by atoms with Crippen molar-refractivity contribution >= 4 is 17.5 Å². The van der Waals surface area contributed by atoms with E-state index in [1.54, 1.807) is 17.0 Å². The lowest BCUT2D eigenvalue weighted by Crippen LogP contribution is -2.47. The van der Waals surface area contributed by atoms with Crippen LogP contribution in [0.3, 0.4) is 0 Å². The molecule has 0 radical (unpaired) electrons. The number of anilines is 1. The van der Waals surface area contributed by atoms with Gasteiger partial charge < -0.3 is 16.0 Å². The van der Waals surface area contributed by atoms with Crippen LogP contribution in [0.5, 0.6) is 0 Å². The lowest BCUT2D eigenvalue weighted by atomic mass is 10.0. The molecule has 0 spiro atoms. The van der Waals surface area contributed by atoms with E-state index in [0.29, 0.717) is 24.5 Å². The summed E-state index contributed by atoms with van der Waals surface area (Å²) in [6.07, 6.45) is 5.14. The van der Waals surface area contributed by atoms with Crippen LogP contribution in [0.15, 0.2) is 18.3 Å². The predicted molar refractivity (Wildman–Crippen MR) is 78.4 cm³/mol. The standard InChI is InChI=1S/C15H20N4O2/c16-11-3-4-13(17-9-11)15(21)19-7-5-12(6-8-19)18-14(20)10-1-2-10/h3-4,9-10,12H,1-2,5-8,16H2,(H,18,20). The number of nitrogens with two attached hydrogens (primary N) is 1. The SMILES string of the molecule is Nc1ccc(C(=O)N2CCC(NC(=O)C3CC3)CC2)nc1. The van der Waals surface area contributed by atoms with Crippen LogP contribution in [0.1, 0.15) is 36.2 Å². The zero-order valence-electron chi connectivity index (χ0n) is 11.9. The van der Waals surface area contributed by atoms with Crippen molar-refractivity contribution in [3.05, 3.63) is 24.0 Å². The summed E-state index contributed by atoms with van der Waals surface area (Å²) in [6.45, 7) is 1.31. The van der Waals surface area contributed by atoms with Crippen molar-refractivity contribution in [1.29, 1.82) is 0 Å². The lowest BCUT2D eigenvalue weighted by Gasteiger charge is -2.32. The number of rotatable bonds is 3. The summed E-state index contributed by atoms with van der Waals surface area (Å²) >= 11 is 0. The number of nitrogens with one attached hydrogen (secondary N) is 1. The molecule has 3 N–H and O–H groups in total. The zero-order valence-corrected chi connectivity index (χ0v) is 11.9. The third kappa shape index (κ3) is 3.32. The average molecular weight is 288 g/mol. The molecule has 0 unspecified atom stereocenters. The molecule has 6 heteroatoms. The minimum absolute atomic E-state index is 0.0676. The Kier molecular flexibility index (Phi) is 3.77. The first-order valence-corrected chi connectivity index (χ1v) is 7.44. The molecule has 1 saturated heterocycles. The summed E-state index contributed by atoms with van der Waals surface area (Å²) in [5.74, 6) is 0.352. The molecule has 1 saturated carbocycles. The van der Waals surface area contributed by atoms with Crippen molar-refractivity contribution in [3.8, 4) is 0 Å². The van der Waals surface area contributed by atoms with E-state index in [9.17, 15) is 9.59 Å². The molecule has 2 amide bonds. The third-order valence-electron chi connectivity index (χ3n) is 4.08. The molecular formula is C15H20N4O2. The van der Waals surface area contributed by atoms with Gasteiger partial charge in [0.1, 0.15) is 5.69 Å². The van der Waals surface area contributed by atoms with E-state index >= 15 is 0 Å². The molecule has 1 aromatic rings. The highest BCUT2D eigenvalue weighted by Gasteiger charge is 2.32. The molecule has 0 bridgehead atoms. The Morgan fingerprint density at radius 1 is 1.19 bits per heavy atom. The van der Waals surface area contributed by atoms with Gasteiger partial charge in [0.05, 0.1) is 11.9 Å². The summed E-state index contributed by atoms with van der Waals surface area (Å²) in [7, 11) is 0. The molecule has 2 fully saturated rings. The number of amides is 2. The van der Waals surface area contributed by atoms with E-state index in [4.69, 9.17) is 5.73 Å². The number of likely N-dealkylation sites (tertiary alicyclic amines) is 1. The minimum Gasteiger partial charge on any atom is -0.397 e. The predicted octanol–water partition coefficient (Wildman–Crippen LogP) is 0.795. The van der Waals surface area contributed by atoms with E-state index in [1.165, 1.54) is 6.20 Å². The second-order valence-electron chi connectivity index (χ2n) is 5.83. The maximum Gasteiger partial charge on any atom is 0.272 e. The summed E-state index contributed by atoms with van der Waals surface area (Å²) in [5.41, 5.74) is 6.54. The highest BCUT2D eigenvalue weighted by atomic mass is 16.2. The smallest absolute Gasteiger partial charge is 0.272 e. The van der Waals surface area contributed by atoms with Gasteiger partial charge in [-0.25, -0.2) is 4.98 Å². The molecule has 2 heterocycles. The van der Waals surface area contributed by atoms with Crippen LogP contribution < -0.4 is 11.1 Å². The molecular weight excluding hydrogens is 268 g/mol. The Hall–Kier alpha value is -2.11. The topological polar surface area (TPSA) is 88.3 Å². The second-order valence-corrected chi connectivity index (χ2v) is 5.83. The zero-order chi connectivity index (χ0) is 14.8. The molecule has 6 nitrogen and oxygen atoms in total. The van der Waals surface area contributed by atoms with Crippen molar-refractivity contribution < 1.29 is 9.59 Å². The van der Waals surface area contributed by atoms with Gasteiger partial charge >= 0.3 is 0 Å². The van der Waals surface area contributed by atoms with E-state index in [1.807, 2.05) is 0 Å². The van der Waals surface area contributed by atoms with Crippen LogP contribution in [0.25, 0.3) is 0 Å². The van der Waals surface area contributed by atoms with Crippen LogP contribution in [-0.2, 0) is 4.79 Å². The maximum atomic E-state index is 12.3. The Balaban J connectivity index is 1.51. The fourth-order valence-electron chi connectivity index (χ4n) is 2.59. The number of carbonyl (C=O) groups is 2. The quantitative estimate of drug-likeness (QED) is 0.861. The average Bonchev–Trinajstić information content (AvgIpc) is 3.33. The molecule has 112 valence electrons. The van der Waals surface area contributed by atoms with Crippen molar-refractivity contribution in [1.82, 2.24) is 15.2 Å². The van der Waals surface area contributed by atoms with E-state index in [2.05, 4.69) is 10.3 Å². The number of pyridine rings is 1. The Bertz CT molecular complexity index is 531. The van der Waals surface area contributed by atoms with Gasteiger partial charge in [-0.3, -0.25) is 9.59 Å². The number of hydrogen-bond donors (Lipinski definition) is 2. The van der Waals surface area contributed by atoms with Gasteiger partial charge in [-0.15, -0.1) is 0 Å². The van der Waals surface area contributed by atoms with Gasteiger partial charge in [-0.1, -0.05) is 0 Å². The van der Waals surface area contributed by atoms with Crippen LogP contribution >= 0.6 is 0 Å². The molecule has 1 aliphatic carbocycles. The first kappa shape index (κ1) is 13.9. The van der Waals surface area contributed by atoms with Crippen molar-refractivity contribution in [2.45, 2.75) is 31.7 Å². The largest absolute Gasteiger partial charge is 0.397 e. The number of piperidine rings is 1. The van der Waals surface area contributed by atoms with E-state index in [-0.39, 0.29) is 23.8 Å². The van der Waals surface area contributed by atoms with E-state index < -0.39 is 0 Å². The lowest BCUT2D eigenvalue weighted by molar-refractivity contribution is -0.123. The van der Waals surface area contributed by atoms with Crippen LogP contribution in [0.2, 0.25) is 0 Å². The molecule has 3 rings (SSSR count). The molecule has 2 aliphatic rings. The number of nitrogen functional groups attached to an aromatic ring is 1. The maximum absolute atomic E-state index is 12.3. The summed E-state index contributed by atoms with van der Waals surface area (Å²) in [5, 5.41) is 3.08. The number of hydrogen-bond acceptors (Lipinski definition) is 4. The highest BCUT2D eigenvalue weighted by Crippen LogP contribution is 2.29.